The molecule has 1 N–H and O–H groups in total. The molecule has 2 aromatic rings. The zero-order valence-corrected chi connectivity index (χ0v) is 12.7. The number of nitrogens with one attached hydrogen (secondary N) is 1. The van der Waals surface area contributed by atoms with Crippen molar-refractivity contribution in [1.29, 1.82) is 0 Å². The molecule has 0 saturated carbocycles. The summed E-state index contributed by atoms with van der Waals surface area (Å²) in [6.07, 6.45) is 0.130. The molecule has 0 saturated heterocycles. The first-order valence-electron chi connectivity index (χ1n) is 7.12. The highest BCUT2D eigenvalue weighted by molar-refractivity contribution is 6.01. The van der Waals surface area contributed by atoms with Gasteiger partial charge in [-0.2, -0.15) is 0 Å². The van der Waals surface area contributed by atoms with Gasteiger partial charge in [0.15, 0.2) is 5.78 Å². The third kappa shape index (κ3) is 4.01. The van der Waals surface area contributed by atoms with Crippen molar-refractivity contribution in [1.82, 2.24) is 0 Å². The fraction of sp³-hybridized carbons (Fsp3) is 0.222. The molecule has 0 aliphatic rings. The van der Waals surface area contributed by atoms with E-state index in [-0.39, 0.29) is 30.2 Å². The van der Waals surface area contributed by atoms with Crippen LogP contribution < -0.4 is 5.32 Å². The van der Waals surface area contributed by atoms with E-state index in [1.165, 1.54) is 12.1 Å². The summed E-state index contributed by atoms with van der Waals surface area (Å²) in [5, 5.41) is 2.48. The van der Waals surface area contributed by atoms with Gasteiger partial charge in [0.1, 0.15) is 5.82 Å². The minimum Gasteiger partial charge on any atom is -0.324 e. The van der Waals surface area contributed by atoms with Crippen LogP contribution in [0.4, 0.5) is 10.1 Å². The summed E-state index contributed by atoms with van der Waals surface area (Å²) >= 11 is 0. The molecule has 2 aromatic carbocycles. The average molecular weight is 299 g/mol. The second-order valence-electron chi connectivity index (χ2n) is 5.27. The van der Waals surface area contributed by atoms with Gasteiger partial charge in [-0.1, -0.05) is 29.8 Å². The average Bonchev–Trinajstić information content (AvgIpc) is 2.49. The molecule has 22 heavy (non-hydrogen) atoms. The number of aryl methyl sites for hydroxylation is 2. The molecule has 3 nitrogen and oxygen atoms in total. The quantitative estimate of drug-likeness (QED) is 0.847. The lowest BCUT2D eigenvalue weighted by molar-refractivity contribution is -0.116. The van der Waals surface area contributed by atoms with Crippen molar-refractivity contribution in [3.05, 3.63) is 65.0 Å². The van der Waals surface area contributed by atoms with Gasteiger partial charge in [-0.15, -0.1) is 0 Å². The predicted octanol–water partition coefficient (Wildman–Crippen LogP) is 4.04. The van der Waals surface area contributed by atoms with Crippen molar-refractivity contribution in [2.75, 3.05) is 5.32 Å². The number of rotatable bonds is 5. The Hall–Kier alpha value is -2.49. The minimum atomic E-state index is -0.489. The molecule has 0 atom stereocenters. The smallest absolute Gasteiger partial charge is 0.224 e. The van der Waals surface area contributed by atoms with Crippen molar-refractivity contribution in [2.24, 2.45) is 0 Å². The van der Waals surface area contributed by atoms with Gasteiger partial charge in [-0.25, -0.2) is 4.39 Å². The van der Waals surface area contributed by atoms with Crippen molar-refractivity contribution in [3.63, 3.8) is 0 Å². The summed E-state index contributed by atoms with van der Waals surface area (Å²) in [4.78, 5) is 24.0. The van der Waals surface area contributed by atoms with E-state index in [2.05, 4.69) is 5.32 Å². The number of hydrogen-bond donors (Lipinski definition) is 1. The van der Waals surface area contributed by atoms with Gasteiger partial charge in [0.05, 0.1) is 5.69 Å². The number of carbonyl (C=O) groups is 2. The maximum absolute atomic E-state index is 13.4. The summed E-state index contributed by atoms with van der Waals surface area (Å²) in [5.74, 6) is -0.939. The first-order valence-corrected chi connectivity index (χ1v) is 7.12. The molecular weight excluding hydrogens is 281 g/mol. The van der Waals surface area contributed by atoms with E-state index in [4.69, 9.17) is 0 Å². The maximum atomic E-state index is 13.4. The number of para-hydroxylation sites is 1. The van der Waals surface area contributed by atoms with Gasteiger partial charge in [-0.3, -0.25) is 9.59 Å². The highest BCUT2D eigenvalue weighted by Gasteiger charge is 2.13. The molecule has 114 valence electrons. The Balaban J connectivity index is 1.95. The number of Topliss-reactive ketones (excluding diaryl/α,β-unsaturated/α-hetero) is 1. The molecule has 0 spiro atoms. The number of amides is 1. The standard InChI is InChI=1S/C18H18FNO2/c1-12-7-8-13(2)14(11-12)17(21)9-10-18(22)20-16-6-4-3-5-15(16)19/h3-8,11H,9-10H2,1-2H3,(H,20,22). The molecule has 0 aliphatic carbocycles. The summed E-state index contributed by atoms with van der Waals surface area (Å²) in [6.45, 7) is 3.78. The second-order valence-corrected chi connectivity index (χ2v) is 5.27. The SMILES string of the molecule is Cc1ccc(C)c(C(=O)CCC(=O)Nc2ccccc2F)c1. The van der Waals surface area contributed by atoms with Gasteiger partial charge < -0.3 is 5.32 Å². The summed E-state index contributed by atoms with van der Waals surface area (Å²) in [6, 6.07) is 11.6. The van der Waals surface area contributed by atoms with Crippen LogP contribution in [0.5, 0.6) is 0 Å². The molecule has 0 aliphatic heterocycles. The number of hydrogen-bond acceptors (Lipinski definition) is 2. The Kier molecular flexibility index (Phi) is 5.04. The van der Waals surface area contributed by atoms with Crippen LogP contribution in [-0.4, -0.2) is 11.7 Å². The molecule has 0 fully saturated rings. The summed E-state index contributed by atoms with van der Waals surface area (Å²) in [5.41, 5.74) is 2.67. The number of ketones is 1. The largest absolute Gasteiger partial charge is 0.324 e. The molecule has 0 bridgehead atoms. The Morgan fingerprint density at radius 1 is 1.05 bits per heavy atom. The first-order chi connectivity index (χ1) is 10.5. The van der Waals surface area contributed by atoms with Gasteiger partial charge in [0.2, 0.25) is 5.91 Å². The van der Waals surface area contributed by atoms with Crippen LogP contribution in [0.3, 0.4) is 0 Å². The van der Waals surface area contributed by atoms with Crippen LogP contribution >= 0.6 is 0 Å². The fourth-order valence-electron chi connectivity index (χ4n) is 2.17. The normalized spacial score (nSPS) is 10.3. The van der Waals surface area contributed by atoms with Crippen molar-refractivity contribution < 1.29 is 14.0 Å². The van der Waals surface area contributed by atoms with E-state index in [0.29, 0.717) is 5.56 Å². The lowest BCUT2D eigenvalue weighted by atomic mass is 9.99. The highest BCUT2D eigenvalue weighted by atomic mass is 19.1. The van der Waals surface area contributed by atoms with Gasteiger partial charge in [-0.05, 0) is 37.6 Å². The Morgan fingerprint density at radius 2 is 1.77 bits per heavy atom. The third-order valence-corrected chi connectivity index (χ3v) is 3.42. The third-order valence-electron chi connectivity index (χ3n) is 3.42. The van der Waals surface area contributed by atoms with Crippen molar-refractivity contribution >= 4 is 17.4 Å². The van der Waals surface area contributed by atoms with Gasteiger partial charge >= 0.3 is 0 Å². The zero-order chi connectivity index (χ0) is 16.1. The van der Waals surface area contributed by atoms with Crippen LogP contribution in [0.2, 0.25) is 0 Å². The molecule has 1 amide bonds. The monoisotopic (exact) mass is 299 g/mol. The molecule has 2 rings (SSSR count). The topological polar surface area (TPSA) is 46.2 Å². The molecule has 0 aromatic heterocycles. The van der Waals surface area contributed by atoms with Crippen LogP contribution in [0.1, 0.15) is 34.3 Å². The molecule has 0 radical (unpaired) electrons. The molecule has 0 heterocycles. The fourth-order valence-corrected chi connectivity index (χ4v) is 2.17. The number of anilines is 1. The van der Waals surface area contributed by atoms with E-state index < -0.39 is 5.82 Å². The number of carbonyl (C=O) groups excluding carboxylic acids is 2. The zero-order valence-electron chi connectivity index (χ0n) is 12.7. The van der Waals surface area contributed by atoms with Crippen molar-refractivity contribution in [3.8, 4) is 0 Å². The molecular formula is C18H18FNO2. The number of benzene rings is 2. The lowest BCUT2D eigenvalue weighted by Crippen LogP contribution is -2.14. The van der Waals surface area contributed by atoms with Crippen LogP contribution in [0, 0.1) is 19.7 Å². The Bertz CT molecular complexity index is 710. The van der Waals surface area contributed by atoms with Crippen molar-refractivity contribution in [2.45, 2.75) is 26.7 Å². The highest BCUT2D eigenvalue weighted by Crippen LogP contribution is 2.15. The Morgan fingerprint density at radius 3 is 2.50 bits per heavy atom. The predicted molar refractivity (Wildman–Crippen MR) is 84.5 cm³/mol. The Labute approximate surface area is 129 Å². The van der Waals surface area contributed by atoms with E-state index in [1.807, 2.05) is 32.0 Å². The van der Waals surface area contributed by atoms with Gasteiger partial charge in [0, 0.05) is 18.4 Å². The maximum Gasteiger partial charge on any atom is 0.224 e. The van der Waals surface area contributed by atoms with Crippen LogP contribution in [0.25, 0.3) is 0 Å². The van der Waals surface area contributed by atoms with E-state index in [9.17, 15) is 14.0 Å². The molecule has 4 heteroatoms. The summed E-state index contributed by atoms with van der Waals surface area (Å²) < 4.78 is 13.4. The van der Waals surface area contributed by atoms with Crippen LogP contribution in [-0.2, 0) is 4.79 Å². The first kappa shape index (κ1) is 15.9. The van der Waals surface area contributed by atoms with E-state index in [0.717, 1.165) is 11.1 Å². The molecule has 0 unspecified atom stereocenters. The van der Waals surface area contributed by atoms with Crippen LogP contribution in [0.15, 0.2) is 42.5 Å². The van der Waals surface area contributed by atoms with E-state index >= 15 is 0 Å². The second kappa shape index (κ2) is 6.98. The number of halogens is 1. The minimum absolute atomic E-state index is 0.0283. The lowest BCUT2D eigenvalue weighted by Gasteiger charge is -2.08. The van der Waals surface area contributed by atoms with Gasteiger partial charge in [0.25, 0.3) is 0 Å². The summed E-state index contributed by atoms with van der Waals surface area (Å²) in [7, 11) is 0. The van der Waals surface area contributed by atoms with E-state index in [1.54, 1.807) is 12.1 Å².